The minimum Gasteiger partial charge on any atom is -0.381 e. The Balaban J connectivity index is 1.19. The number of methoxy groups -OCH3 is 1. The molecule has 1 spiro atoms. The molecule has 3 heterocycles. The standard InChI is InChI=1S/C77H120F6N12O13/c1-13-37-87(5)69(102)57-42-61(97)92(10)64(50-24-20-25-50)67(100)85-63(47(4)14-2)72(105)89(7)45-62(98)90(8)55-26-16-15-19-38-94(71(55)104)58(40-48-27-31-52(32-28-48)76(78,79)80)70(103)88(6)44-60(96)84-54(34-30-49-29-33-53(77(81,82)83)59(41-49)108-12)68(101)95-43-46(3)39-56(95)66(99)86-75(35-21-36-75)74(107)93(11)65(73(106)91(57)9)51-22-17-18-23-51/h15-16,46-59,63-65H,13-14,17-45H2,1-12H3,(H,84,96)(H,85,100)(H,86,99)/b16-15-/t46-,47-,48?,49?,52?,53?,54-,55-,56-,57-,58-,59?,63-,64-,65-/m0/s1. The van der Waals surface area contributed by atoms with Gasteiger partial charge in [0, 0.05) is 76.1 Å². The van der Waals surface area contributed by atoms with Crippen LogP contribution in [-0.2, 0) is 62.3 Å². The number of carbonyl (C=O) groups is 12. The molecule has 0 aromatic carbocycles. The van der Waals surface area contributed by atoms with Gasteiger partial charge in [-0.25, -0.2) is 0 Å². The number of carbonyl (C=O) groups excluding carboxylic acids is 12. The summed E-state index contributed by atoms with van der Waals surface area (Å²) in [6.45, 7) is 6.03. The molecular formula is C77H120F6N12O13. The smallest absolute Gasteiger partial charge is 0.381 e. The summed E-state index contributed by atoms with van der Waals surface area (Å²) >= 11 is 0. The Kier molecular flexibility index (Phi) is 29.9. The van der Waals surface area contributed by atoms with E-state index in [0.29, 0.717) is 44.9 Å². The first kappa shape index (κ1) is 86.5. The first-order chi connectivity index (χ1) is 50.9. The van der Waals surface area contributed by atoms with Crippen molar-refractivity contribution in [1.29, 1.82) is 0 Å². The van der Waals surface area contributed by atoms with Crippen molar-refractivity contribution in [3.8, 4) is 0 Å². The number of ether oxygens (including phenoxy) is 1. The summed E-state index contributed by atoms with van der Waals surface area (Å²) in [5, 5.41) is 8.77. The molecule has 12 amide bonds. The SMILES string of the molecule is CCCN(C)C(=O)[C@@H]1CC(=O)N(C)[C@@H](C2CCC2)C(=O)N[C@@H]([C@@H](C)CC)C(=O)N(C)CC(=O)N(C)[C@H]2C/C=C\CCN(C2=O)[C@@H](CC2CCC(C(F)(F)F)CC2)C(=O)N(C)CC(=O)N[C@@H](CCC2CCC(C(F)(F)F)C(OC)C2)C(=O)N2C[C@@H](C)C[C@H]2C(=O)NC2(CCC2)C(=O)N(C)[C@@H](C2CCCC2)C(=O)N1C. The fourth-order valence-corrected chi connectivity index (χ4v) is 18.1. The summed E-state index contributed by atoms with van der Waals surface area (Å²) in [5.41, 5.74) is -1.58. The molecule has 2 bridgehead atoms. The number of alkyl halides is 6. The lowest BCUT2D eigenvalue weighted by Gasteiger charge is -2.47. The average molecular weight is 1540 g/mol. The third kappa shape index (κ3) is 20.3. The van der Waals surface area contributed by atoms with Crippen LogP contribution in [0.1, 0.15) is 195 Å². The maximum Gasteiger partial charge on any atom is 0.394 e. The highest BCUT2D eigenvalue weighted by atomic mass is 19.4. The van der Waals surface area contributed by atoms with E-state index in [1.54, 1.807) is 26.1 Å². The monoisotopic (exact) mass is 1530 g/mol. The molecule has 0 aromatic rings. The van der Waals surface area contributed by atoms with Crippen LogP contribution in [0.25, 0.3) is 0 Å². The van der Waals surface area contributed by atoms with E-state index in [9.17, 15) is 45.5 Å². The molecule has 31 heteroatoms. The number of hydrogen-bond acceptors (Lipinski definition) is 13. The van der Waals surface area contributed by atoms with Crippen LogP contribution in [-0.4, -0.2) is 276 Å². The molecule has 108 heavy (non-hydrogen) atoms. The van der Waals surface area contributed by atoms with Crippen molar-refractivity contribution in [2.45, 2.75) is 267 Å². The van der Waals surface area contributed by atoms with Gasteiger partial charge in [-0.1, -0.05) is 65.5 Å². The Labute approximate surface area is 632 Å². The van der Waals surface area contributed by atoms with Gasteiger partial charge in [-0.15, -0.1) is 0 Å². The zero-order valence-electron chi connectivity index (χ0n) is 65.5. The third-order valence-electron chi connectivity index (χ3n) is 25.4. The van der Waals surface area contributed by atoms with Crippen molar-refractivity contribution >= 4 is 70.9 Å². The molecule has 0 radical (unpaired) electrons. The van der Waals surface area contributed by atoms with Crippen molar-refractivity contribution in [3.05, 3.63) is 12.2 Å². The Morgan fingerprint density at radius 2 is 1.27 bits per heavy atom. The number of nitrogens with one attached hydrogen (secondary N) is 3. The summed E-state index contributed by atoms with van der Waals surface area (Å²) < 4.78 is 90.7. The summed E-state index contributed by atoms with van der Waals surface area (Å²) in [4.78, 5) is 193. The molecule has 3 N–H and O–H groups in total. The molecule has 3 aliphatic heterocycles. The van der Waals surface area contributed by atoms with Crippen molar-refractivity contribution < 1.29 is 88.6 Å². The molecule has 0 aromatic heterocycles. The summed E-state index contributed by atoms with van der Waals surface area (Å²) in [6, 6.07) is -10.5. The van der Waals surface area contributed by atoms with E-state index in [0.717, 1.165) is 34.0 Å². The number of likely N-dealkylation sites (N-methyl/N-ethyl adjacent to an activating group) is 7. The second-order valence-electron chi connectivity index (χ2n) is 32.9. The van der Waals surface area contributed by atoms with E-state index in [1.165, 1.54) is 78.8 Å². The molecule has 608 valence electrons. The fourth-order valence-electron chi connectivity index (χ4n) is 18.1. The number of nitrogens with zero attached hydrogens (tertiary/aromatic N) is 9. The van der Waals surface area contributed by atoms with Gasteiger partial charge in [0.25, 0.3) is 0 Å². The highest BCUT2D eigenvalue weighted by Gasteiger charge is 2.55. The van der Waals surface area contributed by atoms with Gasteiger partial charge in [-0.2, -0.15) is 26.3 Å². The van der Waals surface area contributed by atoms with E-state index in [4.69, 9.17) is 4.74 Å². The van der Waals surface area contributed by atoms with Crippen LogP contribution >= 0.6 is 0 Å². The van der Waals surface area contributed by atoms with Crippen LogP contribution in [0.5, 0.6) is 0 Å². The number of rotatable bonds is 13. The van der Waals surface area contributed by atoms with Gasteiger partial charge in [-0.05, 0) is 170 Å². The number of amides is 12. The lowest BCUT2D eigenvalue weighted by atomic mass is 9.74. The second-order valence-corrected chi connectivity index (χ2v) is 32.9. The molecule has 8 aliphatic rings. The Bertz CT molecular complexity index is 3250. The molecule has 2 saturated heterocycles. The van der Waals surface area contributed by atoms with Gasteiger partial charge in [0.15, 0.2) is 0 Å². The van der Waals surface area contributed by atoms with Gasteiger partial charge in [-0.3, -0.25) is 57.5 Å². The normalized spacial score (nSPS) is 32.0. The van der Waals surface area contributed by atoms with E-state index < -0.39 is 198 Å². The first-order valence-corrected chi connectivity index (χ1v) is 39.5. The summed E-state index contributed by atoms with van der Waals surface area (Å²) in [7, 11) is 11.1. The van der Waals surface area contributed by atoms with E-state index >= 15 is 38.4 Å². The van der Waals surface area contributed by atoms with Crippen LogP contribution in [0.3, 0.4) is 0 Å². The summed E-state index contributed by atoms with van der Waals surface area (Å²) in [5.74, 6) is -14.3. The van der Waals surface area contributed by atoms with Gasteiger partial charge in [0.05, 0.1) is 37.5 Å². The average Bonchev–Trinajstić information content (AvgIpc) is 1.22. The minimum absolute atomic E-state index is 0.00343. The predicted octanol–water partition coefficient (Wildman–Crippen LogP) is 6.85. The van der Waals surface area contributed by atoms with E-state index in [-0.39, 0.29) is 128 Å². The Morgan fingerprint density at radius 1 is 0.639 bits per heavy atom. The van der Waals surface area contributed by atoms with Crippen LogP contribution in [0, 0.1) is 47.3 Å². The van der Waals surface area contributed by atoms with Crippen LogP contribution < -0.4 is 16.0 Å². The predicted molar refractivity (Wildman–Crippen MR) is 388 cm³/mol. The van der Waals surface area contributed by atoms with Crippen molar-refractivity contribution in [2.75, 3.05) is 89.2 Å². The molecule has 8 rings (SSSR count). The molecular weight excluding hydrogens is 1410 g/mol. The number of hydrogen-bond donors (Lipinski definition) is 3. The molecule has 3 unspecified atom stereocenters. The molecule has 25 nitrogen and oxygen atoms in total. The lowest BCUT2D eigenvalue weighted by molar-refractivity contribution is -0.215. The quantitative estimate of drug-likeness (QED) is 0.126. The maximum atomic E-state index is 15.7. The zero-order chi connectivity index (χ0) is 79.6. The number of halogens is 6. The second kappa shape index (κ2) is 37.3. The van der Waals surface area contributed by atoms with Crippen molar-refractivity contribution in [3.63, 3.8) is 0 Å². The van der Waals surface area contributed by atoms with E-state index in [2.05, 4.69) is 16.0 Å². The number of fused-ring (bicyclic) bond motifs is 3. The van der Waals surface area contributed by atoms with Crippen LogP contribution in [0.4, 0.5) is 26.3 Å². The zero-order valence-corrected chi connectivity index (χ0v) is 65.5. The highest BCUT2D eigenvalue weighted by molar-refractivity contribution is 6.01. The van der Waals surface area contributed by atoms with Crippen LogP contribution in [0.2, 0.25) is 0 Å². The van der Waals surface area contributed by atoms with Crippen LogP contribution in [0.15, 0.2) is 12.2 Å². The third-order valence-corrected chi connectivity index (χ3v) is 25.4. The van der Waals surface area contributed by atoms with Gasteiger partial charge >= 0.3 is 12.4 Å². The molecule has 7 fully saturated rings. The van der Waals surface area contributed by atoms with E-state index in [1.807, 2.05) is 20.8 Å². The molecule has 13 atom stereocenters. The largest absolute Gasteiger partial charge is 0.394 e. The maximum absolute atomic E-state index is 15.7. The van der Waals surface area contributed by atoms with Gasteiger partial charge in [0.2, 0.25) is 70.9 Å². The fraction of sp³-hybridized carbons (Fsp3) is 0.818. The minimum atomic E-state index is -4.55. The topological polar surface area (TPSA) is 279 Å². The Morgan fingerprint density at radius 3 is 1.85 bits per heavy atom. The lowest BCUT2D eigenvalue weighted by Crippen LogP contribution is -2.68. The highest BCUT2D eigenvalue weighted by Crippen LogP contribution is 2.45. The van der Waals surface area contributed by atoms with Gasteiger partial charge in [0.1, 0.15) is 53.9 Å². The Hall–Kier alpha value is -7.08. The van der Waals surface area contributed by atoms with Gasteiger partial charge < -0.3 is 64.8 Å². The molecule has 5 saturated carbocycles. The van der Waals surface area contributed by atoms with Crippen molar-refractivity contribution in [1.82, 2.24) is 60.0 Å². The summed E-state index contributed by atoms with van der Waals surface area (Å²) in [6.07, 6.45) is -1.85. The van der Waals surface area contributed by atoms with Crippen molar-refractivity contribution in [2.24, 2.45) is 47.3 Å². The first-order valence-electron chi connectivity index (χ1n) is 39.5. The molecule has 5 aliphatic carbocycles.